The number of ether oxygens (including phenoxy) is 1. The maximum absolute atomic E-state index is 13.6. The minimum atomic E-state index is -0.344. The molecule has 0 unspecified atom stereocenters. The molecule has 2 heterocycles. The highest BCUT2D eigenvalue weighted by atomic mass is 19.1. The predicted molar refractivity (Wildman–Crippen MR) is 97.4 cm³/mol. The van der Waals surface area contributed by atoms with Crippen molar-refractivity contribution in [2.75, 3.05) is 19.7 Å². The highest BCUT2D eigenvalue weighted by Crippen LogP contribution is 2.21. The van der Waals surface area contributed by atoms with Crippen LogP contribution in [0.25, 0.3) is 0 Å². The summed E-state index contributed by atoms with van der Waals surface area (Å²) < 4.78 is 21.3. The fourth-order valence-corrected chi connectivity index (χ4v) is 3.43. The number of likely N-dealkylation sites (tertiary alicyclic amines) is 1. The second-order valence-corrected chi connectivity index (χ2v) is 6.73. The fraction of sp³-hybridized carbons (Fsp3) is 0.500. The van der Waals surface area contributed by atoms with Crippen LogP contribution in [-0.4, -0.2) is 40.1 Å². The van der Waals surface area contributed by atoms with Crippen LogP contribution in [0.15, 0.2) is 36.7 Å². The zero-order valence-corrected chi connectivity index (χ0v) is 15.2. The molecule has 1 atom stereocenters. The van der Waals surface area contributed by atoms with E-state index in [1.165, 1.54) is 6.07 Å². The molecule has 0 saturated carbocycles. The van der Waals surface area contributed by atoms with Gasteiger partial charge in [0.1, 0.15) is 5.82 Å². The van der Waals surface area contributed by atoms with Gasteiger partial charge in [-0.2, -0.15) is 0 Å². The SMILES string of the molecule is CCc1nccn1CCC(=O)N1CCC[C@@H](COc2ccccc2F)C1. The first-order chi connectivity index (χ1) is 12.7. The molecule has 1 aliphatic heterocycles. The van der Waals surface area contributed by atoms with Gasteiger partial charge in [0.15, 0.2) is 11.6 Å². The number of aromatic nitrogens is 2. The topological polar surface area (TPSA) is 47.4 Å². The van der Waals surface area contributed by atoms with Crippen molar-refractivity contribution in [3.63, 3.8) is 0 Å². The third-order valence-corrected chi connectivity index (χ3v) is 4.87. The van der Waals surface area contributed by atoms with Crippen molar-refractivity contribution in [1.29, 1.82) is 0 Å². The number of carbonyl (C=O) groups is 1. The Kier molecular flexibility index (Phi) is 6.26. The summed E-state index contributed by atoms with van der Waals surface area (Å²) in [7, 11) is 0. The summed E-state index contributed by atoms with van der Waals surface area (Å²) in [5, 5.41) is 0. The summed E-state index contributed by atoms with van der Waals surface area (Å²) in [4.78, 5) is 18.8. The summed E-state index contributed by atoms with van der Waals surface area (Å²) in [5.74, 6) is 1.35. The van der Waals surface area contributed by atoms with Crippen LogP contribution in [0.5, 0.6) is 5.75 Å². The van der Waals surface area contributed by atoms with Gasteiger partial charge in [-0.15, -0.1) is 0 Å². The molecule has 140 valence electrons. The Morgan fingerprint density at radius 1 is 1.38 bits per heavy atom. The Morgan fingerprint density at radius 3 is 3.04 bits per heavy atom. The van der Waals surface area contributed by atoms with Crippen LogP contribution in [0.3, 0.4) is 0 Å². The summed E-state index contributed by atoms with van der Waals surface area (Å²) >= 11 is 0. The molecule has 1 aromatic carbocycles. The van der Waals surface area contributed by atoms with Gasteiger partial charge < -0.3 is 14.2 Å². The second kappa shape index (κ2) is 8.83. The zero-order valence-electron chi connectivity index (χ0n) is 15.2. The number of carbonyl (C=O) groups excluding carboxylic acids is 1. The molecule has 0 bridgehead atoms. The number of rotatable bonds is 7. The van der Waals surface area contributed by atoms with Gasteiger partial charge in [0.2, 0.25) is 5.91 Å². The molecule has 5 nitrogen and oxygen atoms in total. The first-order valence-corrected chi connectivity index (χ1v) is 9.32. The number of benzene rings is 1. The molecular weight excluding hydrogens is 333 g/mol. The summed E-state index contributed by atoms with van der Waals surface area (Å²) in [6, 6.07) is 6.44. The summed E-state index contributed by atoms with van der Waals surface area (Å²) in [6.07, 6.45) is 7.00. The van der Waals surface area contributed by atoms with Crippen LogP contribution >= 0.6 is 0 Å². The molecule has 0 radical (unpaired) electrons. The van der Waals surface area contributed by atoms with Crippen molar-refractivity contribution in [3.8, 4) is 5.75 Å². The molecule has 1 aromatic heterocycles. The van der Waals surface area contributed by atoms with Gasteiger partial charge in [0, 0.05) is 50.8 Å². The highest BCUT2D eigenvalue weighted by molar-refractivity contribution is 5.76. The van der Waals surface area contributed by atoms with E-state index < -0.39 is 0 Å². The van der Waals surface area contributed by atoms with Crippen LogP contribution in [0.2, 0.25) is 0 Å². The van der Waals surface area contributed by atoms with Gasteiger partial charge in [0.05, 0.1) is 6.61 Å². The van der Waals surface area contributed by atoms with Gasteiger partial charge in [-0.25, -0.2) is 9.37 Å². The first kappa shape index (κ1) is 18.4. The van der Waals surface area contributed by atoms with Crippen LogP contribution in [0.4, 0.5) is 4.39 Å². The largest absolute Gasteiger partial charge is 0.490 e. The quantitative estimate of drug-likeness (QED) is 0.762. The van der Waals surface area contributed by atoms with Crippen LogP contribution in [-0.2, 0) is 17.8 Å². The summed E-state index contributed by atoms with van der Waals surface area (Å²) in [5.41, 5.74) is 0. The van der Waals surface area contributed by atoms with E-state index in [0.717, 1.165) is 31.6 Å². The number of hydrogen-bond acceptors (Lipinski definition) is 3. The van der Waals surface area contributed by atoms with Gasteiger partial charge in [0.25, 0.3) is 0 Å². The van der Waals surface area contributed by atoms with E-state index >= 15 is 0 Å². The van der Waals surface area contributed by atoms with Crippen molar-refractivity contribution >= 4 is 5.91 Å². The molecule has 0 spiro atoms. The molecule has 1 aliphatic rings. The van der Waals surface area contributed by atoms with E-state index in [1.54, 1.807) is 24.4 Å². The second-order valence-electron chi connectivity index (χ2n) is 6.73. The lowest BCUT2D eigenvalue weighted by Gasteiger charge is -2.32. The number of hydrogen-bond donors (Lipinski definition) is 0. The van der Waals surface area contributed by atoms with Crippen LogP contribution < -0.4 is 4.74 Å². The minimum absolute atomic E-state index is 0.163. The lowest BCUT2D eigenvalue weighted by molar-refractivity contribution is -0.133. The Balaban J connectivity index is 1.48. The normalized spacial score (nSPS) is 17.3. The maximum atomic E-state index is 13.6. The first-order valence-electron chi connectivity index (χ1n) is 9.32. The Bertz CT molecular complexity index is 731. The minimum Gasteiger partial charge on any atom is -0.490 e. The van der Waals surface area contributed by atoms with E-state index in [4.69, 9.17) is 4.74 Å². The third kappa shape index (κ3) is 4.62. The number of amides is 1. The third-order valence-electron chi connectivity index (χ3n) is 4.87. The number of piperidine rings is 1. The molecule has 2 aromatic rings. The van der Waals surface area contributed by atoms with Crippen molar-refractivity contribution in [3.05, 3.63) is 48.3 Å². The maximum Gasteiger partial charge on any atom is 0.224 e. The fourth-order valence-electron chi connectivity index (χ4n) is 3.43. The molecule has 1 saturated heterocycles. The molecule has 26 heavy (non-hydrogen) atoms. The van der Waals surface area contributed by atoms with Crippen molar-refractivity contribution in [1.82, 2.24) is 14.5 Å². The van der Waals surface area contributed by atoms with Gasteiger partial charge in [-0.3, -0.25) is 4.79 Å². The lowest BCUT2D eigenvalue weighted by atomic mass is 9.98. The predicted octanol–water partition coefficient (Wildman–Crippen LogP) is 3.29. The number of nitrogens with zero attached hydrogens (tertiary/aromatic N) is 3. The average molecular weight is 359 g/mol. The standard InChI is InChI=1S/C20H26FN3O2/c1-2-19-22-10-13-23(19)12-9-20(25)24-11-5-6-16(14-24)15-26-18-8-4-3-7-17(18)21/h3-4,7-8,10,13,16H,2,5-6,9,11-12,14-15H2,1H3/t16-/m1/s1. The Labute approximate surface area is 153 Å². The van der Waals surface area contributed by atoms with E-state index in [9.17, 15) is 9.18 Å². The monoisotopic (exact) mass is 359 g/mol. The Morgan fingerprint density at radius 2 is 2.23 bits per heavy atom. The average Bonchev–Trinajstić information content (AvgIpc) is 3.13. The molecule has 3 rings (SSSR count). The highest BCUT2D eigenvalue weighted by Gasteiger charge is 2.24. The van der Waals surface area contributed by atoms with Crippen molar-refractivity contribution in [2.45, 2.75) is 39.2 Å². The number of aryl methyl sites for hydroxylation is 2. The molecule has 6 heteroatoms. The molecule has 1 fully saturated rings. The number of para-hydroxylation sites is 1. The van der Waals surface area contributed by atoms with E-state index in [0.29, 0.717) is 26.1 Å². The van der Waals surface area contributed by atoms with E-state index in [2.05, 4.69) is 11.9 Å². The van der Waals surface area contributed by atoms with Crippen molar-refractivity contribution in [2.24, 2.45) is 5.92 Å². The molecular formula is C20H26FN3O2. The van der Waals surface area contributed by atoms with Crippen LogP contribution in [0.1, 0.15) is 32.0 Å². The summed E-state index contributed by atoms with van der Waals surface area (Å²) in [6.45, 7) is 4.63. The van der Waals surface area contributed by atoms with Crippen LogP contribution in [0, 0.1) is 11.7 Å². The van der Waals surface area contributed by atoms with Gasteiger partial charge in [-0.1, -0.05) is 19.1 Å². The number of halogens is 1. The lowest BCUT2D eigenvalue weighted by Crippen LogP contribution is -2.41. The Hall–Kier alpha value is -2.37. The van der Waals surface area contributed by atoms with Gasteiger partial charge in [-0.05, 0) is 25.0 Å². The van der Waals surface area contributed by atoms with Crippen molar-refractivity contribution < 1.29 is 13.9 Å². The van der Waals surface area contributed by atoms with E-state index in [1.807, 2.05) is 15.7 Å². The number of imidazole rings is 1. The smallest absolute Gasteiger partial charge is 0.224 e. The van der Waals surface area contributed by atoms with E-state index in [-0.39, 0.29) is 23.4 Å². The van der Waals surface area contributed by atoms with Gasteiger partial charge >= 0.3 is 0 Å². The molecule has 0 N–H and O–H groups in total. The molecule has 0 aliphatic carbocycles. The zero-order chi connectivity index (χ0) is 18.4. The molecule has 1 amide bonds.